The smallest absolute Gasteiger partial charge is 0.126 e. The molecule has 0 saturated heterocycles. The van der Waals surface area contributed by atoms with Crippen LogP contribution in [0, 0.1) is 6.92 Å². The van der Waals surface area contributed by atoms with Crippen LogP contribution in [0.25, 0.3) is 0 Å². The molecule has 0 bridgehead atoms. The molecular weight excluding hydrogens is 168 g/mol. The molecule has 0 spiro atoms. The van der Waals surface area contributed by atoms with E-state index in [2.05, 4.69) is 6.92 Å². The molecule has 0 atom stereocenters. The van der Waals surface area contributed by atoms with E-state index in [4.69, 9.17) is 14.2 Å². The van der Waals surface area contributed by atoms with Crippen LogP contribution in [0.4, 0.5) is 0 Å². The third-order valence-electron chi connectivity index (χ3n) is 1.59. The lowest BCUT2D eigenvalue weighted by Crippen LogP contribution is -1.94. The van der Waals surface area contributed by atoms with Crippen molar-refractivity contribution in [2.24, 2.45) is 0 Å². The third kappa shape index (κ3) is 2.54. The van der Waals surface area contributed by atoms with Crippen molar-refractivity contribution in [3.05, 3.63) is 25.1 Å². The molecule has 1 radical (unpaired) electrons. The average Bonchev–Trinajstić information content (AvgIpc) is 2.17. The summed E-state index contributed by atoms with van der Waals surface area (Å²) >= 11 is 0. The Balaban J connectivity index is 2.93. The normalized spacial score (nSPS) is 9.46. The summed E-state index contributed by atoms with van der Waals surface area (Å²) in [4.78, 5) is 0. The zero-order valence-electron chi connectivity index (χ0n) is 7.87. The highest BCUT2D eigenvalue weighted by Gasteiger charge is 2.01. The van der Waals surface area contributed by atoms with Gasteiger partial charge in [-0.25, -0.2) is 0 Å². The Kier molecular flexibility index (Phi) is 3.43. The van der Waals surface area contributed by atoms with Gasteiger partial charge in [0.05, 0.1) is 20.8 Å². The molecule has 0 N–H and O–H groups in total. The van der Waals surface area contributed by atoms with Crippen LogP contribution in [0.5, 0.6) is 17.2 Å². The van der Waals surface area contributed by atoms with Crippen molar-refractivity contribution in [3.8, 4) is 17.2 Å². The zero-order chi connectivity index (χ0) is 9.68. The van der Waals surface area contributed by atoms with Crippen LogP contribution in [-0.2, 0) is 0 Å². The summed E-state index contributed by atoms with van der Waals surface area (Å²) in [6.07, 6.45) is 0. The predicted octanol–water partition coefficient (Wildman–Crippen LogP) is 1.92. The van der Waals surface area contributed by atoms with E-state index in [0.29, 0.717) is 23.9 Å². The molecule has 3 nitrogen and oxygen atoms in total. The maximum Gasteiger partial charge on any atom is 0.126 e. The van der Waals surface area contributed by atoms with Crippen molar-refractivity contribution in [2.75, 3.05) is 20.8 Å². The van der Waals surface area contributed by atoms with Crippen molar-refractivity contribution < 1.29 is 14.2 Å². The average molecular weight is 181 g/mol. The van der Waals surface area contributed by atoms with Gasteiger partial charge in [-0.1, -0.05) is 0 Å². The van der Waals surface area contributed by atoms with Gasteiger partial charge in [-0.15, -0.1) is 0 Å². The van der Waals surface area contributed by atoms with E-state index in [1.54, 1.807) is 32.4 Å². The first kappa shape index (κ1) is 9.71. The van der Waals surface area contributed by atoms with Crippen LogP contribution < -0.4 is 14.2 Å². The highest BCUT2D eigenvalue weighted by Crippen LogP contribution is 2.27. The fourth-order valence-corrected chi connectivity index (χ4v) is 0.983. The first-order chi connectivity index (χ1) is 6.30. The second kappa shape index (κ2) is 4.60. The minimum absolute atomic E-state index is 0.385. The van der Waals surface area contributed by atoms with Crippen molar-refractivity contribution in [1.29, 1.82) is 0 Å². The Morgan fingerprint density at radius 2 is 1.46 bits per heavy atom. The minimum Gasteiger partial charge on any atom is -0.496 e. The van der Waals surface area contributed by atoms with E-state index < -0.39 is 0 Å². The van der Waals surface area contributed by atoms with Gasteiger partial charge in [0.15, 0.2) is 0 Å². The maximum atomic E-state index is 5.22. The summed E-state index contributed by atoms with van der Waals surface area (Å²) in [6.45, 7) is 3.97. The van der Waals surface area contributed by atoms with E-state index in [0.717, 1.165) is 0 Å². The molecule has 3 heteroatoms. The molecule has 0 heterocycles. The standard InChI is InChI=1S/C10H13O3/c1-4-13-10-6-8(11-2)5-9(7-10)12-3/h5-7H,1,4H2,2-3H3. The molecule has 1 aromatic rings. The molecule has 1 rings (SSSR count). The number of methoxy groups -OCH3 is 2. The number of hydrogen-bond donors (Lipinski definition) is 0. The lowest BCUT2D eigenvalue weighted by Gasteiger charge is -2.08. The molecule has 71 valence electrons. The second-order valence-corrected chi connectivity index (χ2v) is 2.40. The van der Waals surface area contributed by atoms with Gasteiger partial charge >= 0.3 is 0 Å². The molecular formula is C10H13O3. The first-order valence-electron chi connectivity index (χ1n) is 3.95. The molecule has 0 aliphatic heterocycles. The molecule has 0 amide bonds. The highest BCUT2D eigenvalue weighted by atomic mass is 16.5. The molecule has 0 aliphatic rings. The van der Waals surface area contributed by atoms with Crippen LogP contribution in [0.3, 0.4) is 0 Å². The summed E-state index contributed by atoms with van der Waals surface area (Å²) in [7, 11) is 3.20. The molecule has 13 heavy (non-hydrogen) atoms. The van der Waals surface area contributed by atoms with E-state index in [1.165, 1.54) is 0 Å². The molecule has 0 aliphatic carbocycles. The Labute approximate surface area is 78.2 Å². The van der Waals surface area contributed by atoms with Gasteiger partial charge in [0.25, 0.3) is 0 Å². The molecule has 0 fully saturated rings. The van der Waals surface area contributed by atoms with Crippen LogP contribution in [0.1, 0.15) is 0 Å². The summed E-state index contributed by atoms with van der Waals surface area (Å²) < 4.78 is 15.3. The summed E-state index contributed by atoms with van der Waals surface area (Å²) in [6, 6.07) is 5.36. The van der Waals surface area contributed by atoms with Gasteiger partial charge in [0.1, 0.15) is 17.2 Å². The Hall–Kier alpha value is -1.38. The molecule has 0 unspecified atom stereocenters. The van der Waals surface area contributed by atoms with Crippen LogP contribution in [-0.4, -0.2) is 20.8 Å². The number of hydrogen-bond acceptors (Lipinski definition) is 3. The zero-order valence-corrected chi connectivity index (χ0v) is 7.87. The van der Waals surface area contributed by atoms with Crippen molar-refractivity contribution in [3.63, 3.8) is 0 Å². The lowest BCUT2D eigenvalue weighted by molar-refractivity contribution is 0.347. The Bertz CT molecular complexity index is 249. The number of ether oxygens (including phenoxy) is 3. The van der Waals surface area contributed by atoms with Crippen molar-refractivity contribution in [2.45, 2.75) is 0 Å². The predicted molar refractivity (Wildman–Crippen MR) is 50.4 cm³/mol. The quantitative estimate of drug-likeness (QED) is 0.710. The highest BCUT2D eigenvalue weighted by molar-refractivity contribution is 5.41. The van der Waals surface area contributed by atoms with Crippen LogP contribution in [0.2, 0.25) is 0 Å². The van der Waals surface area contributed by atoms with Gasteiger partial charge in [-0.2, -0.15) is 0 Å². The summed E-state index contributed by atoms with van der Waals surface area (Å²) in [5, 5.41) is 0. The van der Waals surface area contributed by atoms with E-state index >= 15 is 0 Å². The van der Waals surface area contributed by atoms with Crippen LogP contribution >= 0.6 is 0 Å². The first-order valence-corrected chi connectivity index (χ1v) is 3.95. The van der Waals surface area contributed by atoms with E-state index in [9.17, 15) is 0 Å². The van der Waals surface area contributed by atoms with Gasteiger partial charge < -0.3 is 14.2 Å². The topological polar surface area (TPSA) is 27.7 Å². The molecule has 0 aromatic heterocycles. The molecule has 1 aromatic carbocycles. The Morgan fingerprint density at radius 1 is 1.00 bits per heavy atom. The fraction of sp³-hybridized carbons (Fsp3) is 0.300. The van der Waals surface area contributed by atoms with Crippen molar-refractivity contribution >= 4 is 0 Å². The van der Waals surface area contributed by atoms with Gasteiger partial charge in [-0.3, -0.25) is 0 Å². The third-order valence-corrected chi connectivity index (χ3v) is 1.59. The minimum atomic E-state index is 0.385. The van der Waals surface area contributed by atoms with E-state index in [-0.39, 0.29) is 0 Å². The lowest BCUT2D eigenvalue weighted by atomic mass is 10.3. The number of benzene rings is 1. The SMILES string of the molecule is [CH2]COc1cc(OC)cc(OC)c1. The van der Waals surface area contributed by atoms with Crippen molar-refractivity contribution in [1.82, 2.24) is 0 Å². The maximum absolute atomic E-state index is 5.22. The van der Waals surface area contributed by atoms with Gasteiger partial charge in [-0.05, 0) is 6.92 Å². The van der Waals surface area contributed by atoms with Gasteiger partial charge in [0.2, 0.25) is 0 Å². The van der Waals surface area contributed by atoms with Crippen LogP contribution in [0.15, 0.2) is 18.2 Å². The Morgan fingerprint density at radius 3 is 1.85 bits per heavy atom. The summed E-state index contributed by atoms with van der Waals surface area (Å²) in [5.74, 6) is 2.12. The van der Waals surface area contributed by atoms with Gasteiger partial charge in [0, 0.05) is 18.2 Å². The number of rotatable bonds is 4. The second-order valence-electron chi connectivity index (χ2n) is 2.40. The fourth-order valence-electron chi connectivity index (χ4n) is 0.983. The summed E-state index contributed by atoms with van der Waals surface area (Å²) in [5.41, 5.74) is 0. The van der Waals surface area contributed by atoms with E-state index in [1.807, 2.05) is 0 Å². The molecule has 0 saturated carbocycles. The monoisotopic (exact) mass is 181 g/mol. The largest absolute Gasteiger partial charge is 0.496 e.